The number of hydrogen-bond acceptors (Lipinski definition) is 6. The summed E-state index contributed by atoms with van der Waals surface area (Å²) in [4.78, 5) is 2.64. The van der Waals surface area contributed by atoms with Crippen molar-refractivity contribution in [3.8, 4) is 6.07 Å². The predicted molar refractivity (Wildman–Crippen MR) is 62.5 cm³/mol. The predicted octanol–water partition coefficient (Wildman–Crippen LogP) is 1.21. The van der Waals surface area contributed by atoms with Crippen molar-refractivity contribution >= 4 is 0 Å². The molecule has 2 aliphatic rings. The van der Waals surface area contributed by atoms with Crippen molar-refractivity contribution in [3.05, 3.63) is 10.4 Å². The van der Waals surface area contributed by atoms with Gasteiger partial charge in [0.1, 0.15) is 12.2 Å². The topological polar surface area (TPSA) is 120 Å². The molecule has 8 heteroatoms. The van der Waals surface area contributed by atoms with E-state index in [4.69, 9.17) is 25.0 Å². The number of azide groups is 1. The van der Waals surface area contributed by atoms with Crippen LogP contribution in [0, 0.1) is 11.3 Å². The lowest BCUT2D eigenvalue weighted by Crippen LogP contribution is -2.40. The van der Waals surface area contributed by atoms with Gasteiger partial charge in [0.05, 0.1) is 18.7 Å². The van der Waals surface area contributed by atoms with Crippen molar-refractivity contribution in [1.82, 2.24) is 0 Å². The molecule has 0 spiro atoms. The van der Waals surface area contributed by atoms with E-state index in [1.807, 2.05) is 6.07 Å². The van der Waals surface area contributed by atoms with E-state index in [2.05, 4.69) is 10.0 Å². The van der Waals surface area contributed by atoms with Crippen LogP contribution in [0.15, 0.2) is 5.11 Å². The molecule has 19 heavy (non-hydrogen) atoms. The van der Waals surface area contributed by atoms with E-state index in [0.717, 1.165) is 0 Å². The molecule has 104 valence electrons. The molecule has 0 aliphatic carbocycles. The van der Waals surface area contributed by atoms with Gasteiger partial charge < -0.3 is 19.3 Å². The highest BCUT2D eigenvalue weighted by molar-refractivity contribution is 5.03. The monoisotopic (exact) mass is 268 g/mol. The van der Waals surface area contributed by atoms with E-state index >= 15 is 0 Å². The Morgan fingerprint density at radius 2 is 2.21 bits per heavy atom. The van der Waals surface area contributed by atoms with E-state index in [9.17, 15) is 5.11 Å². The van der Waals surface area contributed by atoms with Gasteiger partial charge >= 0.3 is 0 Å². The zero-order valence-corrected chi connectivity index (χ0v) is 10.8. The summed E-state index contributed by atoms with van der Waals surface area (Å²) in [6.07, 6.45) is -1.81. The number of nitriles is 1. The van der Waals surface area contributed by atoms with E-state index in [1.165, 1.54) is 0 Å². The van der Waals surface area contributed by atoms with Crippen molar-refractivity contribution < 1.29 is 19.3 Å². The maximum atomic E-state index is 10.2. The van der Waals surface area contributed by atoms with E-state index in [1.54, 1.807) is 13.8 Å². The number of ether oxygens (including phenoxy) is 3. The van der Waals surface area contributed by atoms with Gasteiger partial charge in [-0.15, -0.1) is 0 Å². The van der Waals surface area contributed by atoms with Crippen molar-refractivity contribution in [1.29, 1.82) is 5.26 Å². The van der Waals surface area contributed by atoms with Gasteiger partial charge in [0.15, 0.2) is 5.79 Å². The van der Waals surface area contributed by atoms with Crippen LogP contribution in [0.3, 0.4) is 0 Å². The third kappa shape index (κ3) is 2.52. The van der Waals surface area contributed by atoms with Crippen molar-refractivity contribution in [3.63, 3.8) is 0 Å². The molecule has 8 nitrogen and oxygen atoms in total. The normalized spacial score (nSPS) is 39.4. The first kappa shape index (κ1) is 14.1. The quantitative estimate of drug-likeness (QED) is 0.466. The molecule has 0 bridgehead atoms. The minimum atomic E-state index is -1.14. The van der Waals surface area contributed by atoms with Gasteiger partial charge in [0.25, 0.3) is 0 Å². The number of fused-ring (bicyclic) bond motifs is 1. The van der Waals surface area contributed by atoms with Crippen LogP contribution < -0.4 is 0 Å². The Morgan fingerprint density at radius 1 is 1.47 bits per heavy atom. The molecule has 2 saturated heterocycles. The minimum Gasteiger partial charge on any atom is -0.387 e. The highest BCUT2D eigenvalue weighted by Gasteiger charge is 2.63. The first-order valence-corrected chi connectivity index (χ1v) is 6.06. The number of aliphatic hydroxyl groups excluding tert-OH is 1. The van der Waals surface area contributed by atoms with E-state index < -0.39 is 29.9 Å². The molecular weight excluding hydrogens is 252 g/mol. The number of hydrogen-bond donors (Lipinski definition) is 1. The molecule has 0 aromatic carbocycles. The van der Waals surface area contributed by atoms with Gasteiger partial charge in [0.2, 0.25) is 5.79 Å². The van der Waals surface area contributed by atoms with Gasteiger partial charge in [0, 0.05) is 17.8 Å². The zero-order valence-electron chi connectivity index (χ0n) is 10.8. The van der Waals surface area contributed by atoms with Gasteiger partial charge in [-0.2, -0.15) is 5.26 Å². The van der Waals surface area contributed by atoms with Gasteiger partial charge in [-0.3, -0.25) is 0 Å². The first-order chi connectivity index (χ1) is 8.94. The number of aliphatic hydroxyl groups is 1. The molecule has 2 fully saturated rings. The maximum absolute atomic E-state index is 10.2. The Hall–Kier alpha value is -1.36. The molecule has 0 saturated carbocycles. The van der Waals surface area contributed by atoms with Gasteiger partial charge in [-0.1, -0.05) is 5.11 Å². The average molecular weight is 268 g/mol. The molecule has 2 heterocycles. The highest BCUT2D eigenvalue weighted by atomic mass is 16.9. The Kier molecular flexibility index (Phi) is 3.67. The fourth-order valence-electron chi connectivity index (χ4n) is 2.58. The lowest BCUT2D eigenvalue weighted by molar-refractivity contribution is -0.263. The van der Waals surface area contributed by atoms with Crippen LogP contribution in [0.2, 0.25) is 0 Å². The summed E-state index contributed by atoms with van der Waals surface area (Å²) in [7, 11) is 0. The summed E-state index contributed by atoms with van der Waals surface area (Å²) in [5.41, 5.74) is 8.32. The van der Waals surface area contributed by atoms with Crippen molar-refractivity contribution in [2.24, 2.45) is 5.11 Å². The smallest absolute Gasteiger partial charge is 0.201 e. The molecule has 0 amide bonds. The summed E-state index contributed by atoms with van der Waals surface area (Å²) in [6, 6.07) is 2.02. The zero-order chi connectivity index (χ0) is 14.1. The number of rotatable bonds is 4. The second-order valence-electron chi connectivity index (χ2n) is 5.07. The van der Waals surface area contributed by atoms with E-state index in [0.29, 0.717) is 6.42 Å². The lowest BCUT2D eigenvalue weighted by Gasteiger charge is -2.27. The molecular formula is C11H16N4O4. The van der Waals surface area contributed by atoms with Crippen LogP contribution in [0.5, 0.6) is 0 Å². The SMILES string of the molecule is CC1(C)O[C@H]2[C@H](O)[C@H](CN=[N+]=[N-])O[C@@]2(CCC#N)O1. The molecule has 4 atom stereocenters. The summed E-state index contributed by atoms with van der Waals surface area (Å²) in [5, 5.41) is 22.3. The summed E-state index contributed by atoms with van der Waals surface area (Å²) in [6.45, 7) is 3.44. The summed E-state index contributed by atoms with van der Waals surface area (Å²) >= 11 is 0. The molecule has 0 aromatic heterocycles. The molecule has 2 rings (SSSR count). The second-order valence-corrected chi connectivity index (χ2v) is 5.07. The molecule has 0 unspecified atom stereocenters. The minimum absolute atomic E-state index is 0.00435. The Balaban J connectivity index is 2.20. The molecule has 1 N–H and O–H groups in total. The fraction of sp³-hybridized carbons (Fsp3) is 0.909. The second kappa shape index (κ2) is 4.96. The third-order valence-electron chi connectivity index (χ3n) is 3.21. The first-order valence-electron chi connectivity index (χ1n) is 6.06. The average Bonchev–Trinajstić information content (AvgIpc) is 2.75. The Labute approximate surface area is 110 Å². The molecule has 0 aromatic rings. The molecule has 0 radical (unpaired) electrons. The van der Waals surface area contributed by atoms with Crippen LogP contribution >= 0.6 is 0 Å². The van der Waals surface area contributed by atoms with Crippen LogP contribution in [0.4, 0.5) is 0 Å². The Bertz CT molecular complexity index is 442. The maximum Gasteiger partial charge on any atom is 0.201 e. The van der Waals surface area contributed by atoms with Crippen molar-refractivity contribution in [2.75, 3.05) is 6.54 Å². The largest absolute Gasteiger partial charge is 0.387 e. The number of nitrogens with zero attached hydrogens (tertiary/aromatic N) is 4. The van der Waals surface area contributed by atoms with Crippen LogP contribution in [0.25, 0.3) is 10.4 Å². The van der Waals surface area contributed by atoms with E-state index in [-0.39, 0.29) is 13.0 Å². The molecule has 2 aliphatic heterocycles. The fourth-order valence-corrected chi connectivity index (χ4v) is 2.58. The van der Waals surface area contributed by atoms with Crippen molar-refractivity contribution in [2.45, 2.75) is 56.6 Å². The van der Waals surface area contributed by atoms with Gasteiger partial charge in [-0.05, 0) is 19.4 Å². The van der Waals surface area contributed by atoms with Crippen LogP contribution in [-0.2, 0) is 14.2 Å². The van der Waals surface area contributed by atoms with Gasteiger partial charge in [-0.25, -0.2) is 0 Å². The highest BCUT2D eigenvalue weighted by Crippen LogP contribution is 2.47. The summed E-state index contributed by atoms with van der Waals surface area (Å²) < 4.78 is 17.1. The van der Waals surface area contributed by atoms with Crippen LogP contribution in [0.1, 0.15) is 26.7 Å². The summed E-state index contributed by atoms with van der Waals surface area (Å²) in [5.74, 6) is -2.03. The third-order valence-corrected chi connectivity index (χ3v) is 3.21. The Morgan fingerprint density at radius 3 is 2.84 bits per heavy atom. The van der Waals surface area contributed by atoms with Crippen LogP contribution in [-0.4, -0.2) is 41.5 Å². The standard InChI is InChI=1S/C11H16N4O4/c1-10(2)18-9-8(16)7(6-14-15-13)17-11(9,19-10)4-3-5-12/h7-9,16H,3-4,6H2,1-2H3/t7-,8+,9-,11-/m0/s1. The lowest BCUT2D eigenvalue weighted by atomic mass is 10.0.